The number of aromatic nitrogens is 4. The summed E-state index contributed by atoms with van der Waals surface area (Å²) in [6.07, 6.45) is 3.73. The van der Waals surface area contributed by atoms with Crippen molar-refractivity contribution in [3.8, 4) is 0 Å². The van der Waals surface area contributed by atoms with E-state index in [0.29, 0.717) is 13.1 Å². The van der Waals surface area contributed by atoms with Gasteiger partial charge in [-0.25, -0.2) is 4.39 Å². The summed E-state index contributed by atoms with van der Waals surface area (Å²) >= 11 is 0. The number of rotatable bonds is 5. The maximum atomic E-state index is 12.2. The molecule has 92 valence electrons. The van der Waals surface area contributed by atoms with Gasteiger partial charge in [0.25, 0.3) is 0 Å². The first-order chi connectivity index (χ1) is 8.19. The topological polar surface area (TPSA) is 47.7 Å². The minimum Gasteiger partial charge on any atom is -0.363 e. The van der Waals surface area contributed by atoms with Crippen LogP contribution in [-0.2, 0) is 20.1 Å². The Kier molecular flexibility index (Phi) is 3.41. The SMILES string of the molecule is Cc1cn(CCF)nc1NCc1ccn(C)n1. The molecule has 0 bridgehead atoms. The van der Waals surface area contributed by atoms with Gasteiger partial charge in [-0.3, -0.25) is 9.36 Å². The normalized spacial score (nSPS) is 10.8. The summed E-state index contributed by atoms with van der Waals surface area (Å²) in [6, 6.07) is 1.95. The molecule has 0 saturated carbocycles. The summed E-state index contributed by atoms with van der Waals surface area (Å²) in [5, 5.41) is 11.7. The lowest BCUT2D eigenvalue weighted by atomic mass is 10.3. The highest BCUT2D eigenvalue weighted by Crippen LogP contribution is 2.12. The largest absolute Gasteiger partial charge is 0.363 e. The number of alkyl halides is 1. The average Bonchev–Trinajstić information content (AvgIpc) is 2.83. The molecule has 0 atom stereocenters. The first-order valence-corrected chi connectivity index (χ1v) is 5.51. The molecule has 0 saturated heterocycles. The minimum absolute atomic E-state index is 0.298. The van der Waals surface area contributed by atoms with Crippen LogP contribution in [-0.4, -0.2) is 26.2 Å². The molecule has 0 fully saturated rings. The molecule has 5 nitrogen and oxygen atoms in total. The van der Waals surface area contributed by atoms with Crippen LogP contribution in [0.4, 0.5) is 10.2 Å². The van der Waals surface area contributed by atoms with Gasteiger partial charge in [0, 0.05) is 25.0 Å². The third-order valence-electron chi connectivity index (χ3n) is 2.46. The van der Waals surface area contributed by atoms with Gasteiger partial charge < -0.3 is 5.32 Å². The maximum Gasteiger partial charge on any atom is 0.151 e. The summed E-state index contributed by atoms with van der Waals surface area (Å²) < 4.78 is 15.5. The zero-order valence-electron chi connectivity index (χ0n) is 10.0. The van der Waals surface area contributed by atoms with Crippen molar-refractivity contribution >= 4 is 5.82 Å². The monoisotopic (exact) mass is 237 g/mol. The van der Waals surface area contributed by atoms with Crippen LogP contribution in [0.25, 0.3) is 0 Å². The van der Waals surface area contributed by atoms with Crippen molar-refractivity contribution in [2.75, 3.05) is 12.0 Å². The van der Waals surface area contributed by atoms with E-state index in [4.69, 9.17) is 0 Å². The number of anilines is 1. The van der Waals surface area contributed by atoms with Gasteiger partial charge in [-0.05, 0) is 13.0 Å². The van der Waals surface area contributed by atoms with Crippen molar-refractivity contribution in [2.45, 2.75) is 20.0 Å². The Hall–Kier alpha value is -1.85. The number of hydrogen-bond acceptors (Lipinski definition) is 3. The van der Waals surface area contributed by atoms with E-state index in [1.807, 2.05) is 32.4 Å². The number of nitrogens with zero attached hydrogens (tertiary/aromatic N) is 4. The Bertz CT molecular complexity index is 488. The van der Waals surface area contributed by atoms with Crippen LogP contribution in [0.15, 0.2) is 18.5 Å². The van der Waals surface area contributed by atoms with Gasteiger partial charge in [-0.1, -0.05) is 0 Å². The third-order valence-corrected chi connectivity index (χ3v) is 2.46. The lowest BCUT2D eigenvalue weighted by molar-refractivity contribution is 0.427. The van der Waals surface area contributed by atoms with E-state index in [2.05, 4.69) is 15.5 Å². The lowest BCUT2D eigenvalue weighted by Gasteiger charge is -2.01. The number of aryl methyl sites for hydroxylation is 3. The summed E-state index contributed by atoms with van der Waals surface area (Å²) in [4.78, 5) is 0. The highest BCUT2D eigenvalue weighted by Gasteiger charge is 2.05. The summed E-state index contributed by atoms with van der Waals surface area (Å²) in [6.45, 7) is 2.46. The molecule has 17 heavy (non-hydrogen) atoms. The van der Waals surface area contributed by atoms with Gasteiger partial charge in [0.05, 0.1) is 18.8 Å². The first-order valence-electron chi connectivity index (χ1n) is 5.51. The first kappa shape index (κ1) is 11.6. The van der Waals surface area contributed by atoms with Gasteiger partial charge in [-0.2, -0.15) is 10.2 Å². The second-order valence-corrected chi connectivity index (χ2v) is 3.95. The highest BCUT2D eigenvalue weighted by atomic mass is 19.1. The van der Waals surface area contributed by atoms with Gasteiger partial charge in [0.15, 0.2) is 5.82 Å². The van der Waals surface area contributed by atoms with Crippen LogP contribution in [0.5, 0.6) is 0 Å². The molecule has 0 amide bonds. The van der Waals surface area contributed by atoms with Gasteiger partial charge >= 0.3 is 0 Å². The van der Waals surface area contributed by atoms with E-state index in [1.165, 1.54) is 0 Å². The van der Waals surface area contributed by atoms with Crippen LogP contribution < -0.4 is 5.32 Å². The van der Waals surface area contributed by atoms with Crippen molar-refractivity contribution in [3.05, 3.63) is 29.7 Å². The number of hydrogen-bond donors (Lipinski definition) is 1. The zero-order chi connectivity index (χ0) is 12.3. The predicted molar refractivity (Wildman–Crippen MR) is 63.5 cm³/mol. The van der Waals surface area contributed by atoms with Crippen LogP contribution in [0.3, 0.4) is 0 Å². The molecule has 2 aromatic rings. The van der Waals surface area contributed by atoms with E-state index in [9.17, 15) is 4.39 Å². The van der Waals surface area contributed by atoms with Gasteiger partial charge in [-0.15, -0.1) is 0 Å². The Labute approximate surface area is 99.2 Å². The quantitative estimate of drug-likeness (QED) is 0.857. The van der Waals surface area contributed by atoms with E-state index in [1.54, 1.807) is 9.36 Å². The molecule has 0 aromatic carbocycles. The number of nitrogens with one attached hydrogen (secondary N) is 1. The van der Waals surface area contributed by atoms with E-state index in [0.717, 1.165) is 17.1 Å². The fourth-order valence-corrected chi connectivity index (χ4v) is 1.63. The smallest absolute Gasteiger partial charge is 0.151 e. The maximum absolute atomic E-state index is 12.2. The molecule has 2 aromatic heterocycles. The summed E-state index contributed by atoms with van der Waals surface area (Å²) in [7, 11) is 1.88. The minimum atomic E-state index is -0.402. The standard InChI is InChI=1S/C11H16FN5/c1-9-8-17(6-4-12)15-11(9)13-7-10-3-5-16(2)14-10/h3,5,8H,4,6-7H2,1-2H3,(H,13,15). The molecule has 0 radical (unpaired) electrons. The molecule has 0 aliphatic heterocycles. The lowest BCUT2D eigenvalue weighted by Crippen LogP contribution is -2.04. The fourth-order valence-electron chi connectivity index (χ4n) is 1.63. The molecular weight excluding hydrogens is 221 g/mol. The van der Waals surface area contributed by atoms with E-state index < -0.39 is 6.67 Å². The van der Waals surface area contributed by atoms with Crippen LogP contribution >= 0.6 is 0 Å². The van der Waals surface area contributed by atoms with Gasteiger partial charge in [0.1, 0.15) is 6.67 Å². The molecule has 0 spiro atoms. The fraction of sp³-hybridized carbons (Fsp3) is 0.455. The highest BCUT2D eigenvalue weighted by molar-refractivity contribution is 5.41. The average molecular weight is 237 g/mol. The van der Waals surface area contributed by atoms with E-state index in [-0.39, 0.29) is 0 Å². The molecule has 0 aliphatic rings. The molecule has 2 heterocycles. The van der Waals surface area contributed by atoms with Crippen LogP contribution in [0.2, 0.25) is 0 Å². The Morgan fingerprint density at radius 2 is 2.24 bits per heavy atom. The van der Waals surface area contributed by atoms with Crippen molar-refractivity contribution in [1.82, 2.24) is 19.6 Å². The van der Waals surface area contributed by atoms with Crippen molar-refractivity contribution < 1.29 is 4.39 Å². The molecule has 6 heteroatoms. The molecule has 1 N–H and O–H groups in total. The molecular formula is C11H16FN5. The summed E-state index contributed by atoms with van der Waals surface area (Å²) in [5.41, 5.74) is 1.96. The van der Waals surface area contributed by atoms with Gasteiger partial charge in [0.2, 0.25) is 0 Å². The van der Waals surface area contributed by atoms with Crippen molar-refractivity contribution in [1.29, 1.82) is 0 Å². The molecule has 2 rings (SSSR count). The molecule has 0 aliphatic carbocycles. The van der Waals surface area contributed by atoms with E-state index >= 15 is 0 Å². The number of halogens is 1. The Balaban J connectivity index is 1.98. The zero-order valence-corrected chi connectivity index (χ0v) is 10.0. The third kappa shape index (κ3) is 2.83. The van der Waals surface area contributed by atoms with Crippen LogP contribution in [0, 0.1) is 6.92 Å². The molecule has 0 unspecified atom stereocenters. The Morgan fingerprint density at radius 3 is 2.88 bits per heavy atom. The second kappa shape index (κ2) is 4.99. The second-order valence-electron chi connectivity index (χ2n) is 3.95. The Morgan fingerprint density at radius 1 is 1.41 bits per heavy atom. The van der Waals surface area contributed by atoms with Crippen LogP contribution in [0.1, 0.15) is 11.3 Å². The predicted octanol–water partition coefficient (Wildman–Crippen LogP) is 1.51. The summed E-state index contributed by atoms with van der Waals surface area (Å²) in [5.74, 6) is 0.782. The van der Waals surface area contributed by atoms with Crippen molar-refractivity contribution in [3.63, 3.8) is 0 Å². The van der Waals surface area contributed by atoms with Crippen molar-refractivity contribution in [2.24, 2.45) is 7.05 Å².